The molecule has 2 nitrogen and oxygen atoms in total. The number of hydrogen-bond donors (Lipinski definition) is 1. The maximum absolute atomic E-state index is 14.1. The molecule has 0 bridgehead atoms. The number of hydrogen-bond acceptors (Lipinski definition) is 2. The number of alkyl halides is 2. The van der Waals surface area contributed by atoms with Crippen LogP contribution < -0.4 is 5.73 Å². The van der Waals surface area contributed by atoms with Gasteiger partial charge in [-0.1, -0.05) is 12.1 Å². The molecule has 1 saturated heterocycles. The Balaban J connectivity index is 2.24. The third kappa shape index (κ3) is 2.02. The Kier molecular flexibility index (Phi) is 2.84. The number of anilines is 1. The molecule has 0 saturated carbocycles. The summed E-state index contributed by atoms with van der Waals surface area (Å²) in [5, 5.41) is 0. The van der Waals surface area contributed by atoms with Crippen molar-refractivity contribution in [3.8, 4) is 0 Å². The molecule has 1 aromatic rings. The fourth-order valence-electron chi connectivity index (χ4n) is 2.21. The highest BCUT2D eigenvalue weighted by Gasteiger charge is 2.43. The Hall–Kier alpha value is -1.16. The minimum atomic E-state index is -2.78. The predicted octanol–water partition coefficient (Wildman–Crippen LogP) is 2.31. The lowest BCUT2D eigenvalue weighted by atomic mass is 9.93. The summed E-state index contributed by atoms with van der Waals surface area (Å²) in [6.45, 7) is 1.18. The fraction of sp³-hybridized carbons (Fsp3) is 0.500. The van der Waals surface area contributed by atoms with Crippen LogP contribution in [0.15, 0.2) is 24.3 Å². The molecular weight excluding hydrogens is 210 g/mol. The van der Waals surface area contributed by atoms with Gasteiger partial charge in [0.25, 0.3) is 5.92 Å². The van der Waals surface area contributed by atoms with Crippen molar-refractivity contribution in [2.45, 2.75) is 12.3 Å². The molecule has 0 amide bonds. The minimum absolute atomic E-state index is 0.0350. The lowest BCUT2D eigenvalue weighted by molar-refractivity contribution is -0.0602. The van der Waals surface area contributed by atoms with E-state index in [1.165, 1.54) is 12.1 Å². The molecule has 1 aromatic carbocycles. The quantitative estimate of drug-likeness (QED) is 0.784. The molecule has 1 fully saturated rings. The van der Waals surface area contributed by atoms with Crippen LogP contribution in [0.3, 0.4) is 0 Å². The predicted molar refractivity (Wildman–Crippen MR) is 60.4 cm³/mol. The molecule has 2 rings (SSSR count). The van der Waals surface area contributed by atoms with Gasteiger partial charge in [0.1, 0.15) is 0 Å². The van der Waals surface area contributed by atoms with E-state index in [1.54, 1.807) is 12.1 Å². The van der Waals surface area contributed by atoms with Gasteiger partial charge in [-0.25, -0.2) is 8.78 Å². The number of nitrogens with two attached hydrogens (primary N) is 1. The van der Waals surface area contributed by atoms with Gasteiger partial charge < -0.3 is 10.6 Å². The van der Waals surface area contributed by atoms with Crippen molar-refractivity contribution >= 4 is 5.69 Å². The van der Waals surface area contributed by atoms with Crippen LogP contribution in [0.4, 0.5) is 14.5 Å². The van der Waals surface area contributed by atoms with Crippen molar-refractivity contribution in [3.63, 3.8) is 0 Å². The minimum Gasteiger partial charge on any atom is -0.399 e. The molecule has 0 aliphatic carbocycles. The second-order valence-corrected chi connectivity index (χ2v) is 4.50. The van der Waals surface area contributed by atoms with E-state index in [4.69, 9.17) is 5.73 Å². The van der Waals surface area contributed by atoms with Gasteiger partial charge in [0, 0.05) is 23.7 Å². The summed E-state index contributed by atoms with van der Waals surface area (Å²) in [6, 6.07) is 6.03. The van der Waals surface area contributed by atoms with E-state index in [2.05, 4.69) is 0 Å². The van der Waals surface area contributed by atoms with Gasteiger partial charge in [0.15, 0.2) is 0 Å². The van der Waals surface area contributed by atoms with Crippen LogP contribution in [0.1, 0.15) is 12.0 Å². The Morgan fingerprint density at radius 3 is 2.75 bits per heavy atom. The van der Waals surface area contributed by atoms with Crippen LogP contribution in [-0.4, -0.2) is 25.0 Å². The van der Waals surface area contributed by atoms with E-state index in [9.17, 15) is 8.78 Å². The second-order valence-electron chi connectivity index (χ2n) is 4.50. The monoisotopic (exact) mass is 226 g/mol. The lowest BCUT2D eigenvalue weighted by Gasteiger charge is -2.23. The molecule has 1 aliphatic rings. The average Bonchev–Trinajstić information content (AvgIpc) is 2.65. The Morgan fingerprint density at radius 2 is 2.19 bits per heavy atom. The van der Waals surface area contributed by atoms with Gasteiger partial charge in [-0.05, 0) is 32.1 Å². The zero-order chi connectivity index (χ0) is 11.8. The Labute approximate surface area is 94.0 Å². The van der Waals surface area contributed by atoms with Gasteiger partial charge >= 0.3 is 0 Å². The standard InChI is InChI=1S/C12H16F2N2/c1-16-6-5-10(8-16)12(13,14)9-3-2-4-11(15)7-9/h2-4,7,10H,5-6,8,15H2,1H3. The first-order valence-corrected chi connectivity index (χ1v) is 5.42. The van der Waals surface area contributed by atoms with Gasteiger partial charge in [-0.2, -0.15) is 0 Å². The number of likely N-dealkylation sites (tertiary alicyclic amines) is 1. The third-order valence-electron chi connectivity index (χ3n) is 3.18. The van der Waals surface area contributed by atoms with Crippen molar-refractivity contribution in [1.82, 2.24) is 4.90 Å². The smallest absolute Gasteiger partial charge is 0.277 e. The summed E-state index contributed by atoms with van der Waals surface area (Å²) in [7, 11) is 1.87. The highest BCUT2D eigenvalue weighted by molar-refractivity contribution is 5.42. The van der Waals surface area contributed by atoms with Crippen LogP contribution in [-0.2, 0) is 5.92 Å². The molecule has 1 atom stereocenters. The van der Waals surface area contributed by atoms with Gasteiger partial charge in [0.05, 0.1) is 0 Å². The Morgan fingerprint density at radius 1 is 1.44 bits per heavy atom. The largest absolute Gasteiger partial charge is 0.399 e. The van der Waals surface area contributed by atoms with Crippen molar-refractivity contribution in [3.05, 3.63) is 29.8 Å². The van der Waals surface area contributed by atoms with Crippen LogP contribution in [0, 0.1) is 5.92 Å². The first-order valence-electron chi connectivity index (χ1n) is 5.42. The van der Waals surface area contributed by atoms with Crippen molar-refractivity contribution in [1.29, 1.82) is 0 Å². The number of rotatable bonds is 2. The van der Waals surface area contributed by atoms with Crippen LogP contribution in [0.25, 0.3) is 0 Å². The Bertz CT molecular complexity index is 379. The number of nitrogens with zero attached hydrogens (tertiary/aromatic N) is 1. The number of halogens is 2. The third-order valence-corrected chi connectivity index (χ3v) is 3.18. The molecule has 16 heavy (non-hydrogen) atoms. The summed E-state index contributed by atoms with van der Waals surface area (Å²) in [5.41, 5.74) is 5.96. The van der Waals surface area contributed by atoms with Crippen molar-refractivity contribution < 1.29 is 8.78 Å². The van der Waals surface area contributed by atoms with Crippen LogP contribution >= 0.6 is 0 Å². The number of nitrogen functional groups attached to an aromatic ring is 1. The first kappa shape index (κ1) is 11.3. The zero-order valence-electron chi connectivity index (χ0n) is 9.29. The van der Waals surface area contributed by atoms with E-state index in [0.717, 1.165) is 6.54 Å². The lowest BCUT2D eigenvalue weighted by Crippen LogP contribution is -2.28. The highest BCUT2D eigenvalue weighted by atomic mass is 19.3. The molecule has 0 radical (unpaired) electrons. The highest BCUT2D eigenvalue weighted by Crippen LogP contribution is 2.40. The molecule has 4 heteroatoms. The molecule has 0 spiro atoms. The maximum Gasteiger partial charge on any atom is 0.277 e. The van der Waals surface area contributed by atoms with Crippen molar-refractivity contribution in [2.75, 3.05) is 25.9 Å². The van der Waals surface area contributed by atoms with Crippen LogP contribution in [0.5, 0.6) is 0 Å². The molecule has 0 aromatic heterocycles. The van der Waals surface area contributed by atoms with Crippen LogP contribution in [0.2, 0.25) is 0 Å². The topological polar surface area (TPSA) is 29.3 Å². The van der Waals surface area contributed by atoms with Gasteiger partial charge in [0.2, 0.25) is 0 Å². The maximum atomic E-state index is 14.1. The van der Waals surface area contributed by atoms with E-state index in [1.807, 2.05) is 11.9 Å². The summed E-state index contributed by atoms with van der Waals surface area (Å²) < 4.78 is 28.3. The van der Waals surface area contributed by atoms with Crippen molar-refractivity contribution in [2.24, 2.45) is 5.92 Å². The fourth-order valence-corrected chi connectivity index (χ4v) is 2.21. The zero-order valence-corrected chi connectivity index (χ0v) is 9.29. The van der Waals surface area contributed by atoms with E-state index in [0.29, 0.717) is 18.7 Å². The molecule has 2 N–H and O–H groups in total. The van der Waals surface area contributed by atoms with E-state index >= 15 is 0 Å². The summed E-state index contributed by atoms with van der Waals surface area (Å²) in [5.74, 6) is -3.38. The SMILES string of the molecule is CN1CCC(C(F)(F)c2cccc(N)c2)C1. The second kappa shape index (κ2) is 4.01. The average molecular weight is 226 g/mol. The molecular formula is C12H16F2N2. The van der Waals surface area contributed by atoms with Gasteiger partial charge in [-0.3, -0.25) is 0 Å². The molecule has 1 aliphatic heterocycles. The normalized spacial score (nSPS) is 22.6. The van der Waals surface area contributed by atoms with Gasteiger partial charge in [-0.15, -0.1) is 0 Å². The molecule has 1 heterocycles. The van der Waals surface area contributed by atoms with E-state index in [-0.39, 0.29) is 5.56 Å². The number of benzene rings is 1. The molecule has 1 unspecified atom stereocenters. The van der Waals surface area contributed by atoms with E-state index < -0.39 is 11.8 Å². The molecule has 88 valence electrons. The summed E-state index contributed by atoms with van der Waals surface area (Å²) in [6.07, 6.45) is 0.540. The summed E-state index contributed by atoms with van der Waals surface area (Å²) >= 11 is 0. The summed E-state index contributed by atoms with van der Waals surface area (Å²) in [4.78, 5) is 1.94. The first-order chi connectivity index (χ1) is 7.50.